The lowest BCUT2D eigenvalue weighted by molar-refractivity contribution is -0.137. The Morgan fingerprint density at radius 2 is 2.14 bits per heavy atom. The van der Waals surface area contributed by atoms with Crippen molar-refractivity contribution in [2.24, 2.45) is 23.2 Å². The zero-order valence-electron chi connectivity index (χ0n) is 13.8. The van der Waals surface area contributed by atoms with Gasteiger partial charge in [-0.25, -0.2) is 4.79 Å². The highest BCUT2D eigenvalue weighted by molar-refractivity contribution is 5.82. The van der Waals surface area contributed by atoms with Gasteiger partial charge in [0, 0.05) is 17.4 Å². The first-order valence-corrected chi connectivity index (χ1v) is 7.79. The summed E-state index contributed by atoms with van der Waals surface area (Å²) in [6, 6.07) is 0. The van der Waals surface area contributed by atoms with Gasteiger partial charge in [-0.3, -0.25) is 0 Å². The summed E-state index contributed by atoms with van der Waals surface area (Å²) in [5.74, 6) is 2.75. The molecule has 0 aromatic carbocycles. The van der Waals surface area contributed by atoms with Gasteiger partial charge in [0.05, 0.1) is 6.61 Å². The summed E-state index contributed by atoms with van der Waals surface area (Å²) in [4.78, 5) is 11.6. The minimum atomic E-state index is -1.25. The van der Waals surface area contributed by atoms with Gasteiger partial charge in [0.25, 0.3) is 0 Å². The van der Waals surface area contributed by atoms with Gasteiger partial charge in [0.2, 0.25) is 0 Å². The molecule has 1 N–H and O–H groups in total. The van der Waals surface area contributed by atoms with Crippen molar-refractivity contribution >= 4 is 5.97 Å². The molecular weight excluding hydrogens is 264 g/mol. The average Bonchev–Trinajstić information content (AvgIpc) is 2.43. The summed E-state index contributed by atoms with van der Waals surface area (Å²) in [6.07, 6.45) is 10.8. The molecule has 0 aromatic heterocycles. The van der Waals surface area contributed by atoms with Gasteiger partial charge < -0.3 is 9.84 Å². The fourth-order valence-electron chi connectivity index (χ4n) is 3.51. The Morgan fingerprint density at radius 3 is 2.62 bits per heavy atom. The quantitative estimate of drug-likeness (QED) is 0.492. The van der Waals surface area contributed by atoms with Gasteiger partial charge in [-0.05, 0) is 31.6 Å². The average molecular weight is 292 g/mol. The van der Waals surface area contributed by atoms with Gasteiger partial charge in [-0.2, -0.15) is 0 Å². The second kappa shape index (κ2) is 6.66. The molecule has 1 saturated carbocycles. The van der Waals surface area contributed by atoms with E-state index in [1.807, 2.05) is 6.92 Å². The molecule has 21 heavy (non-hydrogen) atoms. The maximum Gasteiger partial charge on any atom is 0.330 e. The highest BCUT2D eigenvalue weighted by Crippen LogP contribution is 2.53. The summed E-state index contributed by atoms with van der Waals surface area (Å²) in [7, 11) is 0. The first kappa shape index (κ1) is 17.8. The maximum atomic E-state index is 11.6. The van der Waals surface area contributed by atoms with Gasteiger partial charge in [0.15, 0.2) is 0 Å². The fraction of sp³-hybridized carbons (Fsp3) is 0.722. The minimum absolute atomic E-state index is 0.0237. The van der Waals surface area contributed by atoms with Crippen LogP contribution < -0.4 is 0 Å². The second-order valence-corrected chi connectivity index (χ2v) is 6.61. The summed E-state index contributed by atoms with van der Waals surface area (Å²) in [5, 5.41) is 11.2. The Morgan fingerprint density at radius 1 is 1.52 bits per heavy atom. The van der Waals surface area contributed by atoms with Crippen LogP contribution >= 0.6 is 0 Å². The number of esters is 1. The molecule has 1 aliphatic rings. The maximum absolute atomic E-state index is 11.6. The lowest BCUT2D eigenvalue weighted by Gasteiger charge is -2.53. The van der Waals surface area contributed by atoms with Crippen LogP contribution in [0.4, 0.5) is 0 Å². The molecule has 118 valence electrons. The molecule has 0 radical (unpaired) electrons. The Kier molecular flexibility index (Phi) is 5.64. The molecule has 0 spiro atoms. The Labute approximate surface area is 128 Å². The topological polar surface area (TPSA) is 46.5 Å². The van der Waals surface area contributed by atoms with E-state index in [9.17, 15) is 9.90 Å². The molecule has 3 heteroatoms. The zero-order chi connectivity index (χ0) is 16.3. The largest absolute Gasteiger partial charge is 0.463 e. The van der Waals surface area contributed by atoms with Crippen LogP contribution in [0.2, 0.25) is 0 Å². The highest BCUT2D eigenvalue weighted by Gasteiger charge is 2.55. The van der Waals surface area contributed by atoms with Crippen molar-refractivity contribution in [2.45, 2.75) is 53.1 Å². The van der Waals surface area contributed by atoms with Crippen molar-refractivity contribution in [3.63, 3.8) is 0 Å². The van der Waals surface area contributed by atoms with Crippen LogP contribution in [0.25, 0.3) is 0 Å². The third kappa shape index (κ3) is 3.16. The van der Waals surface area contributed by atoms with E-state index < -0.39 is 17.0 Å². The predicted octanol–water partition coefficient (Wildman–Crippen LogP) is 3.18. The highest BCUT2D eigenvalue weighted by atomic mass is 16.5. The minimum Gasteiger partial charge on any atom is -0.463 e. The summed E-state index contributed by atoms with van der Waals surface area (Å²) >= 11 is 0. The Hall–Kier alpha value is -1.27. The van der Waals surface area contributed by atoms with Crippen LogP contribution in [-0.2, 0) is 9.53 Å². The van der Waals surface area contributed by atoms with Crippen molar-refractivity contribution in [1.82, 2.24) is 0 Å². The molecule has 0 aromatic rings. The smallest absolute Gasteiger partial charge is 0.330 e. The van der Waals surface area contributed by atoms with Crippen molar-refractivity contribution < 1.29 is 14.6 Å². The van der Waals surface area contributed by atoms with E-state index >= 15 is 0 Å². The molecule has 1 aliphatic carbocycles. The molecule has 3 nitrogen and oxygen atoms in total. The molecule has 1 rings (SSSR count). The third-order valence-electron chi connectivity index (χ3n) is 5.17. The number of carbonyl (C=O) groups excluding carboxylic acids is 1. The molecule has 0 aliphatic heterocycles. The van der Waals surface area contributed by atoms with Crippen molar-refractivity contribution in [2.75, 3.05) is 6.61 Å². The van der Waals surface area contributed by atoms with E-state index in [2.05, 4.69) is 26.7 Å². The number of terminal acetylenes is 1. The van der Waals surface area contributed by atoms with Gasteiger partial charge in [-0.1, -0.05) is 39.7 Å². The molecule has 0 heterocycles. The van der Waals surface area contributed by atoms with Gasteiger partial charge in [0.1, 0.15) is 5.60 Å². The van der Waals surface area contributed by atoms with Crippen molar-refractivity contribution in [3.05, 3.63) is 12.2 Å². The van der Waals surface area contributed by atoms with Crippen LogP contribution in [0.5, 0.6) is 0 Å². The van der Waals surface area contributed by atoms with Crippen LogP contribution in [0.15, 0.2) is 12.2 Å². The number of hydrogen-bond acceptors (Lipinski definition) is 3. The summed E-state index contributed by atoms with van der Waals surface area (Å²) in [6.45, 7) is 10.3. The number of hydrogen-bond donors (Lipinski definition) is 1. The van der Waals surface area contributed by atoms with Crippen LogP contribution in [-0.4, -0.2) is 23.3 Å². The van der Waals surface area contributed by atoms with E-state index in [0.29, 0.717) is 6.61 Å². The zero-order valence-corrected chi connectivity index (χ0v) is 13.8. The standard InChI is InChI=1S/C18H28O3/c1-7-18(20)15(13(3)4)10-9-14(5)17(18,6)12-11-16(19)21-8-2/h1,11-15,20H,8-10H2,2-6H3/b12-11+/t14-,15+,17-,18-/m1/s1. The van der Waals surface area contributed by atoms with Crippen LogP contribution in [0.3, 0.4) is 0 Å². The first-order valence-electron chi connectivity index (χ1n) is 7.79. The summed E-state index contributed by atoms with van der Waals surface area (Å²) < 4.78 is 4.93. The lowest BCUT2D eigenvalue weighted by atomic mass is 9.53. The van der Waals surface area contributed by atoms with E-state index in [1.54, 1.807) is 13.0 Å². The predicted molar refractivity (Wildman–Crippen MR) is 84.4 cm³/mol. The monoisotopic (exact) mass is 292 g/mol. The Bertz CT molecular complexity index is 446. The molecule has 4 atom stereocenters. The number of rotatable bonds is 4. The van der Waals surface area contributed by atoms with E-state index in [0.717, 1.165) is 12.8 Å². The SMILES string of the molecule is C#C[C@@]1(O)[C@H](C(C)C)CC[C@@H](C)[C@@]1(C)/C=C/C(=O)OCC. The third-order valence-corrected chi connectivity index (χ3v) is 5.17. The number of aliphatic hydroxyl groups is 1. The van der Waals surface area contributed by atoms with Gasteiger partial charge >= 0.3 is 5.97 Å². The summed E-state index contributed by atoms with van der Waals surface area (Å²) in [5.41, 5.74) is -1.89. The van der Waals surface area contributed by atoms with Crippen LogP contribution in [0, 0.1) is 35.5 Å². The lowest BCUT2D eigenvalue weighted by Crippen LogP contribution is -2.57. The molecule has 0 saturated heterocycles. The normalized spacial score (nSPS) is 36.7. The molecular formula is C18H28O3. The van der Waals surface area contributed by atoms with E-state index in [4.69, 9.17) is 11.2 Å². The van der Waals surface area contributed by atoms with Crippen LogP contribution in [0.1, 0.15) is 47.5 Å². The van der Waals surface area contributed by atoms with Crippen molar-refractivity contribution in [3.8, 4) is 12.3 Å². The van der Waals surface area contributed by atoms with Crippen molar-refractivity contribution in [1.29, 1.82) is 0 Å². The van der Waals surface area contributed by atoms with E-state index in [1.165, 1.54) is 6.08 Å². The first-order chi connectivity index (χ1) is 9.72. The molecule has 0 bridgehead atoms. The second-order valence-electron chi connectivity index (χ2n) is 6.61. The van der Waals surface area contributed by atoms with Gasteiger partial charge in [-0.15, -0.1) is 6.42 Å². The fourth-order valence-corrected chi connectivity index (χ4v) is 3.51. The molecule has 0 amide bonds. The molecule has 0 unspecified atom stereocenters. The molecule has 1 fully saturated rings. The number of ether oxygens (including phenoxy) is 1. The Balaban J connectivity index is 3.20. The van der Waals surface area contributed by atoms with E-state index in [-0.39, 0.29) is 17.8 Å². The number of carbonyl (C=O) groups is 1.